The van der Waals surface area contributed by atoms with Crippen molar-refractivity contribution in [1.29, 1.82) is 0 Å². The standard InChI is InChI=1S/C28H30N2O4/c1-17(2)34-20-12-8-9-18(15-20)26(31)24-25(22-16-29-23-14-7-6-13-21(22)23)30(28(33)27(24)32)19-10-4-3-5-11-19/h6-9,12-17,19,25,29,31H,3-5,10-11H2,1-2H3/b26-24+. The number of ether oxygens (including phenoxy) is 1. The zero-order valence-electron chi connectivity index (χ0n) is 19.6. The molecule has 1 unspecified atom stereocenters. The number of hydrogen-bond donors (Lipinski definition) is 2. The van der Waals surface area contributed by atoms with E-state index in [-0.39, 0.29) is 23.5 Å². The van der Waals surface area contributed by atoms with Crippen LogP contribution in [0.1, 0.15) is 63.1 Å². The number of para-hydroxylation sites is 1. The average molecular weight is 459 g/mol. The van der Waals surface area contributed by atoms with Crippen molar-refractivity contribution in [3.63, 3.8) is 0 Å². The fraction of sp³-hybridized carbons (Fsp3) is 0.357. The monoisotopic (exact) mass is 458 g/mol. The molecule has 6 heteroatoms. The van der Waals surface area contributed by atoms with Crippen LogP contribution < -0.4 is 4.74 Å². The Morgan fingerprint density at radius 3 is 2.59 bits per heavy atom. The molecule has 0 spiro atoms. The summed E-state index contributed by atoms with van der Waals surface area (Å²) in [6.07, 6.45) is 6.77. The van der Waals surface area contributed by atoms with Gasteiger partial charge in [0.2, 0.25) is 0 Å². The molecule has 0 radical (unpaired) electrons. The van der Waals surface area contributed by atoms with Crippen molar-refractivity contribution >= 4 is 28.4 Å². The summed E-state index contributed by atoms with van der Waals surface area (Å²) in [4.78, 5) is 31.8. The topological polar surface area (TPSA) is 82.6 Å². The highest BCUT2D eigenvalue weighted by molar-refractivity contribution is 6.46. The first-order valence-electron chi connectivity index (χ1n) is 12.1. The Labute approximate surface area is 199 Å². The van der Waals surface area contributed by atoms with E-state index in [0.29, 0.717) is 11.3 Å². The Hall–Kier alpha value is -3.54. The molecule has 1 atom stereocenters. The van der Waals surface area contributed by atoms with Crippen LogP contribution in [0.3, 0.4) is 0 Å². The van der Waals surface area contributed by atoms with Gasteiger partial charge in [-0.25, -0.2) is 0 Å². The predicted molar refractivity (Wildman–Crippen MR) is 132 cm³/mol. The van der Waals surface area contributed by atoms with Crippen LogP contribution in [-0.2, 0) is 9.59 Å². The van der Waals surface area contributed by atoms with Gasteiger partial charge in [0.05, 0.1) is 17.7 Å². The molecule has 3 aromatic rings. The number of hydrogen-bond acceptors (Lipinski definition) is 4. The second-order valence-electron chi connectivity index (χ2n) is 9.48. The highest BCUT2D eigenvalue weighted by Crippen LogP contribution is 2.45. The van der Waals surface area contributed by atoms with E-state index in [2.05, 4.69) is 4.98 Å². The van der Waals surface area contributed by atoms with E-state index < -0.39 is 17.7 Å². The van der Waals surface area contributed by atoms with Gasteiger partial charge >= 0.3 is 0 Å². The molecule has 2 fully saturated rings. The van der Waals surface area contributed by atoms with E-state index in [1.54, 1.807) is 23.1 Å². The number of benzene rings is 2. The molecule has 1 saturated heterocycles. The van der Waals surface area contributed by atoms with Gasteiger partial charge in [0.25, 0.3) is 11.7 Å². The average Bonchev–Trinajstić information content (AvgIpc) is 3.37. The summed E-state index contributed by atoms with van der Waals surface area (Å²) in [6, 6.07) is 14.2. The minimum absolute atomic E-state index is 0.0234. The molecule has 1 aliphatic heterocycles. The van der Waals surface area contributed by atoms with Gasteiger partial charge in [0.1, 0.15) is 11.5 Å². The summed E-state index contributed by atoms with van der Waals surface area (Å²) in [7, 11) is 0. The molecule has 1 aromatic heterocycles. The number of likely N-dealkylation sites (tertiary alicyclic amines) is 1. The maximum atomic E-state index is 13.4. The molecule has 6 nitrogen and oxygen atoms in total. The molecule has 5 rings (SSSR count). The van der Waals surface area contributed by atoms with Crippen LogP contribution in [0.5, 0.6) is 5.75 Å². The summed E-state index contributed by atoms with van der Waals surface area (Å²) in [5.74, 6) is -0.725. The van der Waals surface area contributed by atoms with Gasteiger partial charge in [-0.2, -0.15) is 0 Å². The molecule has 2 heterocycles. The van der Waals surface area contributed by atoms with E-state index in [4.69, 9.17) is 4.74 Å². The van der Waals surface area contributed by atoms with Crippen LogP contribution in [0.15, 0.2) is 60.3 Å². The third kappa shape index (κ3) is 3.87. The molecule has 1 saturated carbocycles. The van der Waals surface area contributed by atoms with Crippen LogP contribution in [0.2, 0.25) is 0 Å². The number of aliphatic hydroxyl groups is 1. The minimum atomic E-state index is -0.645. The Morgan fingerprint density at radius 1 is 1.06 bits per heavy atom. The van der Waals surface area contributed by atoms with Gasteiger partial charge in [0.15, 0.2) is 0 Å². The van der Waals surface area contributed by atoms with Gasteiger partial charge in [-0.1, -0.05) is 49.6 Å². The molecule has 2 N–H and O–H groups in total. The Morgan fingerprint density at radius 2 is 1.82 bits per heavy atom. The minimum Gasteiger partial charge on any atom is -0.507 e. The van der Waals surface area contributed by atoms with Crippen molar-refractivity contribution in [2.75, 3.05) is 0 Å². The van der Waals surface area contributed by atoms with Gasteiger partial charge in [-0.05, 0) is 44.9 Å². The van der Waals surface area contributed by atoms with E-state index in [0.717, 1.165) is 48.6 Å². The summed E-state index contributed by atoms with van der Waals surface area (Å²) >= 11 is 0. The number of rotatable bonds is 5. The van der Waals surface area contributed by atoms with E-state index in [1.165, 1.54) is 0 Å². The largest absolute Gasteiger partial charge is 0.507 e. The third-order valence-corrected chi connectivity index (χ3v) is 6.84. The van der Waals surface area contributed by atoms with Crippen molar-refractivity contribution < 1.29 is 19.4 Å². The molecule has 0 bridgehead atoms. The lowest BCUT2D eigenvalue weighted by Gasteiger charge is -2.35. The number of H-pyrrole nitrogens is 1. The lowest BCUT2D eigenvalue weighted by atomic mass is 9.91. The van der Waals surface area contributed by atoms with E-state index >= 15 is 0 Å². The normalized spacial score (nSPS) is 21.0. The van der Waals surface area contributed by atoms with Crippen molar-refractivity contribution in [3.05, 3.63) is 71.4 Å². The van der Waals surface area contributed by atoms with Crippen LogP contribution in [0.25, 0.3) is 16.7 Å². The van der Waals surface area contributed by atoms with E-state index in [1.807, 2.05) is 50.4 Å². The number of aliphatic hydroxyl groups excluding tert-OH is 1. The van der Waals surface area contributed by atoms with Gasteiger partial charge < -0.3 is 19.7 Å². The molecule has 2 aromatic carbocycles. The van der Waals surface area contributed by atoms with Gasteiger partial charge in [-0.15, -0.1) is 0 Å². The predicted octanol–water partition coefficient (Wildman–Crippen LogP) is 5.71. The maximum Gasteiger partial charge on any atom is 0.295 e. The number of carbonyl (C=O) groups is 2. The summed E-state index contributed by atoms with van der Waals surface area (Å²) in [6.45, 7) is 3.86. The SMILES string of the molecule is CC(C)Oc1cccc(/C(O)=C2\C(=O)C(=O)N(C3CCCCC3)C2c2c[nH]c3ccccc23)c1. The molecule has 176 valence electrons. The number of carbonyl (C=O) groups excluding carboxylic acids is 2. The van der Waals surface area contributed by atoms with Gasteiger partial charge in [-0.3, -0.25) is 9.59 Å². The number of fused-ring (bicyclic) bond motifs is 1. The number of aromatic nitrogens is 1. The number of amides is 1. The van der Waals surface area contributed by atoms with Crippen molar-refractivity contribution in [3.8, 4) is 5.75 Å². The number of Topliss-reactive ketones (excluding diaryl/α,β-unsaturated/α-hetero) is 1. The number of aromatic amines is 1. The highest BCUT2D eigenvalue weighted by atomic mass is 16.5. The molecular formula is C28H30N2O4. The first kappa shape index (κ1) is 22.3. The lowest BCUT2D eigenvalue weighted by molar-refractivity contribution is -0.141. The fourth-order valence-corrected chi connectivity index (χ4v) is 5.36. The Bertz CT molecular complexity index is 1270. The molecule has 34 heavy (non-hydrogen) atoms. The van der Waals surface area contributed by atoms with Gasteiger partial charge in [0, 0.05) is 34.3 Å². The van der Waals surface area contributed by atoms with Crippen LogP contribution in [-0.4, -0.2) is 38.8 Å². The second-order valence-corrected chi connectivity index (χ2v) is 9.48. The second kappa shape index (κ2) is 9.01. The summed E-state index contributed by atoms with van der Waals surface area (Å²) in [5.41, 5.74) is 2.36. The molecule has 2 aliphatic rings. The van der Waals surface area contributed by atoms with Crippen molar-refractivity contribution in [1.82, 2.24) is 9.88 Å². The first-order chi connectivity index (χ1) is 16.5. The third-order valence-electron chi connectivity index (χ3n) is 6.84. The Balaban J connectivity index is 1.68. The molecular weight excluding hydrogens is 428 g/mol. The maximum absolute atomic E-state index is 13.4. The zero-order valence-corrected chi connectivity index (χ0v) is 19.6. The first-order valence-corrected chi connectivity index (χ1v) is 12.1. The lowest BCUT2D eigenvalue weighted by Crippen LogP contribution is -2.40. The number of ketones is 1. The summed E-state index contributed by atoms with van der Waals surface area (Å²) < 4.78 is 5.79. The van der Waals surface area contributed by atoms with Crippen LogP contribution >= 0.6 is 0 Å². The smallest absolute Gasteiger partial charge is 0.295 e. The number of nitrogens with zero attached hydrogens (tertiary/aromatic N) is 1. The quantitative estimate of drug-likeness (QED) is 0.291. The van der Waals surface area contributed by atoms with E-state index in [9.17, 15) is 14.7 Å². The molecule has 1 amide bonds. The summed E-state index contributed by atoms with van der Waals surface area (Å²) in [5, 5.41) is 12.4. The van der Waals surface area contributed by atoms with Crippen LogP contribution in [0.4, 0.5) is 0 Å². The highest BCUT2D eigenvalue weighted by Gasteiger charge is 2.49. The molecule has 1 aliphatic carbocycles. The van der Waals surface area contributed by atoms with Crippen LogP contribution in [0, 0.1) is 0 Å². The zero-order chi connectivity index (χ0) is 23.8. The van der Waals surface area contributed by atoms with Crippen molar-refractivity contribution in [2.45, 2.75) is 64.1 Å². The fourth-order valence-electron chi connectivity index (χ4n) is 5.36. The van der Waals surface area contributed by atoms with Crippen molar-refractivity contribution in [2.24, 2.45) is 0 Å². The number of nitrogens with one attached hydrogen (secondary N) is 1. The Kier molecular flexibility index (Phi) is 5.90.